The fraction of sp³-hybridized carbons (Fsp3) is 0.105. The number of aromatic nitrogens is 1. The number of pyridine rings is 1. The maximum Gasteiger partial charge on any atom is 0.232 e. The third kappa shape index (κ3) is 4.58. The van der Waals surface area contributed by atoms with Gasteiger partial charge in [0.15, 0.2) is 0 Å². The van der Waals surface area contributed by atoms with E-state index in [1.807, 2.05) is 36.4 Å². The molecule has 0 spiro atoms. The minimum absolute atomic E-state index is 0.179. The molecule has 5 nitrogen and oxygen atoms in total. The molecule has 0 amide bonds. The Morgan fingerprint density at radius 3 is 2.12 bits per heavy atom. The molecular formula is C19H18N2O3S. The van der Waals surface area contributed by atoms with E-state index in [1.54, 1.807) is 42.6 Å². The average molecular weight is 354 g/mol. The smallest absolute Gasteiger partial charge is 0.232 e. The predicted octanol–water partition coefficient (Wildman–Crippen LogP) is 3.84. The maximum absolute atomic E-state index is 12.2. The van der Waals surface area contributed by atoms with Crippen LogP contribution in [0.1, 0.15) is 5.69 Å². The molecule has 25 heavy (non-hydrogen) atoms. The van der Waals surface area contributed by atoms with Crippen LogP contribution in [0.5, 0.6) is 11.5 Å². The molecule has 0 atom stereocenters. The first kappa shape index (κ1) is 17.0. The van der Waals surface area contributed by atoms with Crippen LogP contribution in [-0.2, 0) is 16.6 Å². The lowest BCUT2D eigenvalue weighted by atomic mass is 10.3. The van der Waals surface area contributed by atoms with Gasteiger partial charge in [0.05, 0.1) is 24.2 Å². The number of ether oxygens (including phenoxy) is 1. The van der Waals surface area contributed by atoms with Crippen LogP contribution in [0, 0.1) is 0 Å². The first-order chi connectivity index (χ1) is 12.0. The monoisotopic (exact) mass is 354 g/mol. The molecule has 0 radical (unpaired) electrons. The van der Waals surface area contributed by atoms with Crippen LogP contribution in [0.15, 0.2) is 79.0 Å². The Labute approximate surface area is 147 Å². The van der Waals surface area contributed by atoms with Crippen molar-refractivity contribution in [3.8, 4) is 11.5 Å². The number of benzene rings is 2. The van der Waals surface area contributed by atoms with Crippen LogP contribution in [0.4, 0.5) is 5.69 Å². The van der Waals surface area contributed by atoms with Crippen molar-refractivity contribution in [2.75, 3.05) is 10.6 Å². The van der Waals surface area contributed by atoms with Gasteiger partial charge < -0.3 is 4.74 Å². The lowest BCUT2D eigenvalue weighted by molar-refractivity contribution is 0.482. The summed E-state index contributed by atoms with van der Waals surface area (Å²) in [6, 6.07) is 21.8. The largest absolute Gasteiger partial charge is 0.457 e. The van der Waals surface area contributed by atoms with Gasteiger partial charge in [-0.15, -0.1) is 0 Å². The van der Waals surface area contributed by atoms with E-state index in [2.05, 4.69) is 4.98 Å². The number of anilines is 1. The minimum atomic E-state index is -3.44. The summed E-state index contributed by atoms with van der Waals surface area (Å²) in [7, 11) is -3.44. The zero-order valence-electron chi connectivity index (χ0n) is 13.7. The molecule has 0 bridgehead atoms. The SMILES string of the molecule is CS(=O)(=O)N(Cc1ccccn1)c1ccc(Oc2ccccc2)cc1. The zero-order valence-corrected chi connectivity index (χ0v) is 14.6. The minimum Gasteiger partial charge on any atom is -0.457 e. The molecule has 1 aromatic heterocycles. The van der Waals surface area contributed by atoms with Crippen molar-refractivity contribution >= 4 is 15.7 Å². The molecule has 3 rings (SSSR count). The first-order valence-corrected chi connectivity index (χ1v) is 9.58. The third-order valence-corrected chi connectivity index (χ3v) is 4.68. The molecule has 0 N–H and O–H groups in total. The van der Waals surface area contributed by atoms with Gasteiger partial charge in [0.1, 0.15) is 11.5 Å². The summed E-state index contributed by atoms with van der Waals surface area (Å²) in [5.41, 5.74) is 1.24. The Hall–Kier alpha value is -2.86. The summed E-state index contributed by atoms with van der Waals surface area (Å²) in [4.78, 5) is 4.20. The molecule has 128 valence electrons. The van der Waals surface area contributed by atoms with Crippen molar-refractivity contribution < 1.29 is 13.2 Å². The normalized spacial score (nSPS) is 11.1. The van der Waals surface area contributed by atoms with Gasteiger partial charge >= 0.3 is 0 Å². The van der Waals surface area contributed by atoms with Crippen molar-refractivity contribution in [3.63, 3.8) is 0 Å². The second kappa shape index (κ2) is 7.36. The molecule has 1 heterocycles. The van der Waals surface area contributed by atoms with Gasteiger partial charge in [-0.25, -0.2) is 8.42 Å². The lowest BCUT2D eigenvalue weighted by Crippen LogP contribution is -2.29. The molecule has 0 unspecified atom stereocenters. The topological polar surface area (TPSA) is 59.5 Å². The summed E-state index contributed by atoms with van der Waals surface area (Å²) in [5, 5.41) is 0. The first-order valence-electron chi connectivity index (χ1n) is 7.73. The highest BCUT2D eigenvalue weighted by Gasteiger charge is 2.18. The summed E-state index contributed by atoms with van der Waals surface area (Å²) < 4.78 is 31.4. The molecule has 0 saturated heterocycles. The summed E-state index contributed by atoms with van der Waals surface area (Å²) in [6.07, 6.45) is 2.83. The van der Waals surface area contributed by atoms with E-state index in [4.69, 9.17) is 4.74 Å². The number of hydrogen-bond donors (Lipinski definition) is 0. The van der Waals surface area contributed by atoms with Gasteiger partial charge in [0.2, 0.25) is 10.0 Å². The van der Waals surface area contributed by atoms with E-state index in [9.17, 15) is 8.42 Å². The van der Waals surface area contributed by atoms with Gasteiger partial charge in [-0.2, -0.15) is 0 Å². The molecule has 0 aliphatic rings. The summed E-state index contributed by atoms with van der Waals surface area (Å²) in [6.45, 7) is 0.179. The molecule has 3 aromatic rings. The van der Waals surface area contributed by atoms with E-state index >= 15 is 0 Å². The van der Waals surface area contributed by atoms with Gasteiger partial charge in [-0.1, -0.05) is 24.3 Å². The molecular weight excluding hydrogens is 336 g/mol. The molecule has 0 saturated carbocycles. The fourth-order valence-electron chi connectivity index (χ4n) is 2.34. The molecule has 6 heteroatoms. The van der Waals surface area contributed by atoms with Gasteiger partial charge in [0, 0.05) is 6.20 Å². The second-order valence-corrected chi connectivity index (χ2v) is 7.41. The fourth-order valence-corrected chi connectivity index (χ4v) is 3.22. The summed E-state index contributed by atoms with van der Waals surface area (Å²) >= 11 is 0. The van der Waals surface area contributed by atoms with E-state index in [0.29, 0.717) is 17.1 Å². The zero-order chi connectivity index (χ0) is 17.7. The summed E-state index contributed by atoms with van der Waals surface area (Å²) in [5.74, 6) is 1.37. The number of nitrogens with zero attached hydrogens (tertiary/aromatic N) is 2. The van der Waals surface area contributed by atoms with E-state index in [-0.39, 0.29) is 6.54 Å². The molecule has 0 aliphatic heterocycles. The highest BCUT2D eigenvalue weighted by atomic mass is 32.2. The third-order valence-electron chi connectivity index (χ3n) is 3.54. The molecule has 0 aliphatic carbocycles. The highest BCUT2D eigenvalue weighted by Crippen LogP contribution is 2.26. The van der Waals surface area contributed by atoms with Crippen molar-refractivity contribution in [3.05, 3.63) is 84.7 Å². The standard InChI is InChI=1S/C19H18N2O3S/c1-25(22,23)21(15-16-7-5-6-14-20-16)17-10-12-19(13-11-17)24-18-8-3-2-4-9-18/h2-14H,15H2,1H3. The van der Waals surface area contributed by atoms with Crippen LogP contribution in [0.3, 0.4) is 0 Å². The predicted molar refractivity (Wildman–Crippen MR) is 98.2 cm³/mol. The van der Waals surface area contributed by atoms with E-state index < -0.39 is 10.0 Å². The number of hydrogen-bond acceptors (Lipinski definition) is 4. The molecule has 2 aromatic carbocycles. The van der Waals surface area contributed by atoms with Crippen LogP contribution in [0.2, 0.25) is 0 Å². The maximum atomic E-state index is 12.2. The van der Waals surface area contributed by atoms with E-state index in [1.165, 1.54) is 10.6 Å². The van der Waals surface area contributed by atoms with Crippen LogP contribution in [-0.4, -0.2) is 19.7 Å². The van der Waals surface area contributed by atoms with Crippen molar-refractivity contribution in [1.29, 1.82) is 0 Å². The van der Waals surface area contributed by atoms with Crippen LogP contribution in [0.25, 0.3) is 0 Å². The number of sulfonamides is 1. The Bertz CT molecular complexity index is 912. The van der Waals surface area contributed by atoms with Crippen molar-refractivity contribution in [2.45, 2.75) is 6.54 Å². The quantitative estimate of drug-likeness (QED) is 0.675. The number of para-hydroxylation sites is 1. The van der Waals surface area contributed by atoms with Crippen LogP contribution < -0.4 is 9.04 Å². The van der Waals surface area contributed by atoms with Crippen molar-refractivity contribution in [1.82, 2.24) is 4.98 Å². The van der Waals surface area contributed by atoms with Crippen molar-refractivity contribution in [2.24, 2.45) is 0 Å². The molecule has 0 fully saturated rings. The Morgan fingerprint density at radius 1 is 0.880 bits per heavy atom. The number of rotatable bonds is 6. The second-order valence-electron chi connectivity index (χ2n) is 5.50. The Balaban J connectivity index is 1.82. The lowest BCUT2D eigenvalue weighted by Gasteiger charge is -2.22. The Kier molecular flexibility index (Phi) is 5.00. The van der Waals surface area contributed by atoms with Gasteiger partial charge in [-0.05, 0) is 48.5 Å². The van der Waals surface area contributed by atoms with Crippen LogP contribution >= 0.6 is 0 Å². The van der Waals surface area contributed by atoms with Gasteiger partial charge in [0.25, 0.3) is 0 Å². The Morgan fingerprint density at radius 2 is 1.52 bits per heavy atom. The highest BCUT2D eigenvalue weighted by molar-refractivity contribution is 7.92. The average Bonchev–Trinajstić information content (AvgIpc) is 2.61. The van der Waals surface area contributed by atoms with Gasteiger partial charge in [-0.3, -0.25) is 9.29 Å². The van der Waals surface area contributed by atoms with E-state index in [0.717, 1.165) is 5.75 Å².